The number of fused-ring (bicyclic) bond motifs is 1. The standard InChI is InChI=1S/C17H19N5OS/c1-12-8-13(2)22-16(19-12)20-17(21-22)24-7-5-4-6-14-9-15(23-3)11-18-10-14/h4,6,8-11H,5,7H2,1-3H3/b6-4+. The lowest BCUT2D eigenvalue weighted by molar-refractivity contribution is 0.413. The smallest absolute Gasteiger partial charge is 0.253 e. The Morgan fingerprint density at radius 2 is 2.08 bits per heavy atom. The van der Waals surface area contributed by atoms with Crippen LogP contribution in [0.1, 0.15) is 23.4 Å². The Balaban J connectivity index is 1.56. The van der Waals surface area contributed by atoms with Crippen LogP contribution in [0.4, 0.5) is 0 Å². The maximum Gasteiger partial charge on any atom is 0.253 e. The van der Waals surface area contributed by atoms with Crippen molar-refractivity contribution in [2.24, 2.45) is 0 Å². The molecule has 7 heteroatoms. The van der Waals surface area contributed by atoms with E-state index in [1.165, 1.54) is 0 Å². The highest BCUT2D eigenvalue weighted by atomic mass is 32.2. The maximum atomic E-state index is 5.16. The van der Waals surface area contributed by atoms with Crippen molar-refractivity contribution in [1.29, 1.82) is 0 Å². The number of methoxy groups -OCH3 is 1. The molecule has 0 aliphatic rings. The average Bonchev–Trinajstić information content (AvgIpc) is 2.98. The van der Waals surface area contributed by atoms with Crippen LogP contribution >= 0.6 is 11.8 Å². The predicted molar refractivity (Wildman–Crippen MR) is 95.4 cm³/mol. The van der Waals surface area contributed by atoms with E-state index < -0.39 is 0 Å². The Bertz CT molecular complexity index is 875. The maximum absolute atomic E-state index is 5.16. The van der Waals surface area contributed by atoms with Gasteiger partial charge in [0, 0.05) is 23.3 Å². The van der Waals surface area contributed by atoms with E-state index >= 15 is 0 Å². The molecule has 0 aromatic carbocycles. The van der Waals surface area contributed by atoms with E-state index in [9.17, 15) is 0 Å². The van der Waals surface area contributed by atoms with Gasteiger partial charge in [-0.2, -0.15) is 4.98 Å². The minimum absolute atomic E-state index is 0.660. The molecule has 0 saturated heterocycles. The predicted octanol–water partition coefficient (Wildman–Crippen LogP) is 3.34. The lowest BCUT2D eigenvalue weighted by Crippen LogP contribution is -1.97. The third kappa shape index (κ3) is 3.91. The van der Waals surface area contributed by atoms with Gasteiger partial charge in [-0.3, -0.25) is 4.98 Å². The number of thioether (sulfide) groups is 1. The zero-order valence-corrected chi connectivity index (χ0v) is 14.7. The van der Waals surface area contributed by atoms with Crippen LogP contribution in [0.2, 0.25) is 0 Å². The number of hydrogen-bond acceptors (Lipinski definition) is 6. The first-order chi connectivity index (χ1) is 11.7. The Kier molecular flexibility index (Phi) is 5.10. The van der Waals surface area contributed by atoms with E-state index in [4.69, 9.17) is 4.74 Å². The fourth-order valence-corrected chi connectivity index (χ4v) is 3.01. The van der Waals surface area contributed by atoms with Gasteiger partial charge >= 0.3 is 0 Å². The molecule has 0 fully saturated rings. The van der Waals surface area contributed by atoms with Gasteiger partial charge < -0.3 is 4.74 Å². The monoisotopic (exact) mass is 341 g/mol. The molecule has 0 saturated carbocycles. The molecule has 3 rings (SSSR count). The molecule has 0 unspecified atom stereocenters. The van der Waals surface area contributed by atoms with Gasteiger partial charge in [-0.1, -0.05) is 23.9 Å². The summed E-state index contributed by atoms with van der Waals surface area (Å²) < 4.78 is 6.95. The number of ether oxygens (including phenoxy) is 1. The van der Waals surface area contributed by atoms with Gasteiger partial charge in [-0.25, -0.2) is 9.50 Å². The summed E-state index contributed by atoms with van der Waals surface area (Å²) >= 11 is 1.63. The summed E-state index contributed by atoms with van der Waals surface area (Å²) in [6, 6.07) is 3.96. The molecule has 124 valence electrons. The fourth-order valence-electron chi connectivity index (χ4n) is 2.29. The third-order valence-corrected chi connectivity index (χ3v) is 4.27. The Morgan fingerprint density at radius 1 is 1.21 bits per heavy atom. The summed E-state index contributed by atoms with van der Waals surface area (Å²) in [4.78, 5) is 13.0. The van der Waals surface area contributed by atoms with E-state index in [2.05, 4.69) is 26.1 Å². The minimum atomic E-state index is 0.660. The Morgan fingerprint density at radius 3 is 2.92 bits per heavy atom. The molecule has 24 heavy (non-hydrogen) atoms. The molecule has 0 amide bonds. The zero-order valence-electron chi connectivity index (χ0n) is 13.9. The van der Waals surface area contributed by atoms with Crippen LogP contribution in [-0.4, -0.2) is 37.4 Å². The van der Waals surface area contributed by atoms with Crippen molar-refractivity contribution in [3.8, 4) is 5.75 Å². The van der Waals surface area contributed by atoms with E-state index in [0.29, 0.717) is 5.78 Å². The zero-order chi connectivity index (χ0) is 16.9. The van der Waals surface area contributed by atoms with E-state index in [0.717, 1.165) is 40.0 Å². The number of allylic oxidation sites excluding steroid dienone is 1. The minimum Gasteiger partial charge on any atom is -0.495 e. The number of aryl methyl sites for hydroxylation is 2. The normalized spacial score (nSPS) is 11.5. The summed E-state index contributed by atoms with van der Waals surface area (Å²) in [6.45, 7) is 3.97. The second-order valence-electron chi connectivity index (χ2n) is 5.34. The summed E-state index contributed by atoms with van der Waals surface area (Å²) in [5, 5.41) is 5.24. The van der Waals surface area contributed by atoms with Crippen molar-refractivity contribution in [2.75, 3.05) is 12.9 Å². The highest BCUT2D eigenvalue weighted by Crippen LogP contribution is 2.17. The highest BCUT2D eigenvalue weighted by molar-refractivity contribution is 7.99. The van der Waals surface area contributed by atoms with Crippen molar-refractivity contribution < 1.29 is 4.74 Å². The molecule has 3 aromatic heterocycles. The van der Waals surface area contributed by atoms with Gasteiger partial charge in [0.05, 0.1) is 13.3 Å². The molecule has 0 spiro atoms. The van der Waals surface area contributed by atoms with Crippen molar-refractivity contribution in [1.82, 2.24) is 24.6 Å². The second-order valence-corrected chi connectivity index (χ2v) is 6.40. The third-order valence-electron chi connectivity index (χ3n) is 3.39. The van der Waals surface area contributed by atoms with Crippen LogP contribution in [-0.2, 0) is 0 Å². The first-order valence-corrected chi connectivity index (χ1v) is 8.63. The van der Waals surface area contributed by atoms with E-state index in [1.807, 2.05) is 38.3 Å². The Labute approximate surface area is 145 Å². The summed E-state index contributed by atoms with van der Waals surface area (Å²) in [5.41, 5.74) is 3.03. The van der Waals surface area contributed by atoms with Crippen molar-refractivity contribution in [3.63, 3.8) is 0 Å². The average molecular weight is 341 g/mol. The van der Waals surface area contributed by atoms with Crippen molar-refractivity contribution in [2.45, 2.75) is 25.4 Å². The summed E-state index contributed by atoms with van der Waals surface area (Å²) in [5.74, 6) is 2.33. The molecule has 6 nitrogen and oxygen atoms in total. The van der Waals surface area contributed by atoms with Gasteiger partial charge in [0.1, 0.15) is 5.75 Å². The van der Waals surface area contributed by atoms with Crippen molar-refractivity contribution in [3.05, 3.63) is 47.6 Å². The fraction of sp³-hybridized carbons (Fsp3) is 0.294. The first kappa shape index (κ1) is 16.4. The number of pyridine rings is 1. The lowest BCUT2D eigenvalue weighted by Gasteiger charge is -1.99. The van der Waals surface area contributed by atoms with Gasteiger partial charge in [-0.05, 0) is 38.0 Å². The van der Waals surface area contributed by atoms with Crippen LogP contribution in [0.25, 0.3) is 11.9 Å². The Hall–Kier alpha value is -2.41. The van der Waals surface area contributed by atoms with Crippen LogP contribution < -0.4 is 4.74 Å². The molecular weight excluding hydrogens is 322 g/mol. The number of aromatic nitrogens is 5. The largest absolute Gasteiger partial charge is 0.495 e. The second kappa shape index (κ2) is 7.44. The molecule has 0 aliphatic heterocycles. The molecule has 0 aliphatic carbocycles. The van der Waals surface area contributed by atoms with Gasteiger partial charge in [0.15, 0.2) is 0 Å². The molecule has 0 bridgehead atoms. The van der Waals surface area contributed by atoms with E-state index in [1.54, 1.807) is 29.6 Å². The summed E-state index contributed by atoms with van der Waals surface area (Å²) in [7, 11) is 1.64. The number of nitrogens with zero attached hydrogens (tertiary/aromatic N) is 5. The van der Waals surface area contributed by atoms with Crippen LogP contribution in [0.3, 0.4) is 0 Å². The summed E-state index contributed by atoms with van der Waals surface area (Å²) in [6.07, 6.45) is 8.59. The lowest BCUT2D eigenvalue weighted by atomic mass is 10.2. The number of rotatable bonds is 6. The quantitative estimate of drug-likeness (QED) is 0.506. The number of hydrogen-bond donors (Lipinski definition) is 0. The van der Waals surface area contributed by atoms with Crippen molar-refractivity contribution >= 4 is 23.6 Å². The van der Waals surface area contributed by atoms with Gasteiger partial charge in [-0.15, -0.1) is 5.10 Å². The van der Waals surface area contributed by atoms with Crippen LogP contribution in [0, 0.1) is 13.8 Å². The SMILES string of the molecule is COc1cncc(/C=C/CCSc2nc3nc(C)cc(C)n3n2)c1. The first-order valence-electron chi connectivity index (χ1n) is 7.65. The molecular formula is C17H19N5OS. The van der Waals surface area contributed by atoms with Crippen LogP contribution in [0.5, 0.6) is 5.75 Å². The highest BCUT2D eigenvalue weighted by Gasteiger charge is 2.07. The van der Waals surface area contributed by atoms with Crippen LogP contribution in [0.15, 0.2) is 35.8 Å². The van der Waals surface area contributed by atoms with Gasteiger partial charge in [0.25, 0.3) is 5.78 Å². The van der Waals surface area contributed by atoms with E-state index in [-0.39, 0.29) is 0 Å². The molecule has 0 radical (unpaired) electrons. The van der Waals surface area contributed by atoms with Gasteiger partial charge in [0.2, 0.25) is 5.16 Å². The topological polar surface area (TPSA) is 65.2 Å². The molecule has 3 aromatic rings. The molecule has 0 atom stereocenters. The molecule has 0 N–H and O–H groups in total. The molecule has 3 heterocycles.